The van der Waals surface area contributed by atoms with Gasteiger partial charge in [0, 0.05) is 0 Å². The highest BCUT2D eigenvalue weighted by atomic mass is 14.6. The fraction of sp³-hybridized carbons (Fsp3) is 0.500. The van der Waals surface area contributed by atoms with Gasteiger partial charge < -0.3 is 5.73 Å². The monoisotopic (exact) mass is 177 g/mol. The Labute approximate surface area is 81.0 Å². The van der Waals surface area contributed by atoms with E-state index in [-0.39, 0.29) is 0 Å². The minimum Gasteiger partial charge on any atom is -0.330 e. The maximum absolute atomic E-state index is 5.78. The SMILES string of the molecule is CCC(C)C(CN)c1ccccc1. The molecule has 0 aliphatic heterocycles. The minimum atomic E-state index is 0.520. The predicted molar refractivity (Wildman–Crippen MR) is 57.7 cm³/mol. The van der Waals surface area contributed by atoms with Crippen LogP contribution in [0, 0.1) is 5.92 Å². The zero-order valence-electron chi connectivity index (χ0n) is 8.53. The quantitative estimate of drug-likeness (QED) is 0.752. The van der Waals surface area contributed by atoms with E-state index in [1.54, 1.807) is 0 Å². The van der Waals surface area contributed by atoms with Crippen LogP contribution in [0.4, 0.5) is 0 Å². The molecule has 0 aliphatic carbocycles. The van der Waals surface area contributed by atoms with Crippen molar-refractivity contribution in [2.75, 3.05) is 6.54 Å². The molecule has 2 N–H and O–H groups in total. The van der Waals surface area contributed by atoms with Crippen LogP contribution in [0.15, 0.2) is 30.3 Å². The number of benzene rings is 1. The molecule has 2 unspecified atom stereocenters. The fourth-order valence-corrected chi connectivity index (χ4v) is 1.68. The summed E-state index contributed by atoms with van der Waals surface area (Å²) in [6, 6.07) is 10.6. The molecule has 0 heterocycles. The molecular formula is C12H19N. The lowest BCUT2D eigenvalue weighted by Gasteiger charge is -2.21. The van der Waals surface area contributed by atoms with Gasteiger partial charge in [-0.2, -0.15) is 0 Å². The second-order valence-electron chi connectivity index (χ2n) is 3.64. The topological polar surface area (TPSA) is 26.0 Å². The second kappa shape index (κ2) is 5.03. The first kappa shape index (κ1) is 10.3. The Morgan fingerprint density at radius 3 is 2.31 bits per heavy atom. The largest absolute Gasteiger partial charge is 0.330 e. The summed E-state index contributed by atoms with van der Waals surface area (Å²) in [6.45, 7) is 5.24. The molecule has 0 aromatic heterocycles. The van der Waals surface area contributed by atoms with Crippen molar-refractivity contribution in [2.24, 2.45) is 11.7 Å². The van der Waals surface area contributed by atoms with E-state index in [0.29, 0.717) is 11.8 Å². The molecular weight excluding hydrogens is 158 g/mol. The number of hydrogen-bond acceptors (Lipinski definition) is 1. The molecule has 0 fully saturated rings. The Bertz CT molecular complexity index is 230. The van der Waals surface area contributed by atoms with E-state index in [2.05, 4.69) is 38.1 Å². The average molecular weight is 177 g/mol. The molecule has 1 heteroatoms. The van der Waals surface area contributed by atoms with Gasteiger partial charge in [0.25, 0.3) is 0 Å². The van der Waals surface area contributed by atoms with Gasteiger partial charge in [0.15, 0.2) is 0 Å². The minimum absolute atomic E-state index is 0.520. The zero-order chi connectivity index (χ0) is 9.68. The highest BCUT2D eigenvalue weighted by Crippen LogP contribution is 2.25. The molecule has 0 radical (unpaired) electrons. The average Bonchev–Trinajstić information content (AvgIpc) is 2.20. The van der Waals surface area contributed by atoms with Crippen molar-refractivity contribution in [3.63, 3.8) is 0 Å². The van der Waals surface area contributed by atoms with Crippen LogP contribution in [0.1, 0.15) is 31.7 Å². The first-order valence-electron chi connectivity index (χ1n) is 5.04. The maximum Gasteiger partial charge on any atom is -0.000567 e. The molecule has 0 saturated carbocycles. The number of nitrogens with two attached hydrogens (primary N) is 1. The van der Waals surface area contributed by atoms with Crippen LogP contribution in [0.25, 0.3) is 0 Å². The molecule has 0 amide bonds. The number of rotatable bonds is 4. The third-order valence-corrected chi connectivity index (χ3v) is 2.81. The van der Waals surface area contributed by atoms with Crippen LogP contribution in [0.5, 0.6) is 0 Å². The lowest BCUT2D eigenvalue weighted by molar-refractivity contribution is 0.452. The van der Waals surface area contributed by atoms with Gasteiger partial charge in [0.1, 0.15) is 0 Å². The van der Waals surface area contributed by atoms with E-state index in [0.717, 1.165) is 6.54 Å². The Hall–Kier alpha value is -0.820. The van der Waals surface area contributed by atoms with Crippen molar-refractivity contribution in [3.8, 4) is 0 Å². The van der Waals surface area contributed by atoms with Gasteiger partial charge in [0.2, 0.25) is 0 Å². The van der Waals surface area contributed by atoms with Crippen molar-refractivity contribution in [2.45, 2.75) is 26.2 Å². The Balaban J connectivity index is 2.78. The molecule has 13 heavy (non-hydrogen) atoms. The van der Waals surface area contributed by atoms with Gasteiger partial charge in [-0.15, -0.1) is 0 Å². The molecule has 1 nitrogen and oxygen atoms in total. The first-order chi connectivity index (χ1) is 6.29. The Morgan fingerprint density at radius 2 is 1.85 bits per heavy atom. The third kappa shape index (κ3) is 2.56. The van der Waals surface area contributed by atoms with Crippen molar-refractivity contribution in [3.05, 3.63) is 35.9 Å². The molecule has 2 atom stereocenters. The van der Waals surface area contributed by atoms with Crippen LogP contribution < -0.4 is 5.73 Å². The lowest BCUT2D eigenvalue weighted by Crippen LogP contribution is -2.19. The summed E-state index contributed by atoms with van der Waals surface area (Å²) in [5.41, 5.74) is 7.16. The standard InChI is InChI=1S/C12H19N/c1-3-10(2)12(9-13)11-7-5-4-6-8-11/h4-8,10,12H,3,9,13H2,1-2H3. The van der Waals surface area contributed by atoms with Crippen molar-refractivity contribution in [1.82, 2.24) is 0 Å². The number of hydrogen-bond donors (Lipinski definition) is 1. The van der Waals surface area contributed by atoms with Crippen LogP contribution >= 0.6 is 0 Å². The molecule has 0 spiro atoms. The van der Waals surface area contributed by atoms with E-state index in [4.69, 9.17) is 5.73 Å². The second-order valence-corrected chi connectivity index (χ2v) is 3.64. The lowest BCUT2D eigenvalue weighted by atomic mass is 9.86. The summed E-state index contributed by atoms with van der Waals surface area (Å²) in [5.74, 6) is 1.19. The van der Waals surface area contributed by atoms with Crippen LogP contribution in [-0.4, -0.2) is 6.54 Å². The van der Waals surface area contributed by atoms with Crippen LogP contribution in [-0.2, 0) is 0 Å². The summed E-state index contributed by atoms with van der Waals surface area (Å²) in [7, 11) is 0. The van der Waals surface area contributed by atoms with Crippen molar-refractivity contribution >= 4 is 0 Å². The van der Waals surface area contributed by atoms with Gasteiger partial charge in [-0.25, -0.2) is 0 Å². The Morgan fingerprint density at radius 1 is 1.23 bits per heavy atom. The molecule has 0 bridgehead atoms. The predicted octanol–water partition coefficient (Wildman–Crippen LogP) is 2.78. The van der Waals surface area contributed by atoms with Crippen LogP contribution in [0.3, 0.4) is 0 Å². The molecule has 1 aromatic carbocycles. The molecule has 72 valence electrons. The van der Waals surface area contributed by atoms with Gasteiger partial charge >= 0.3 is 0 Å². The van der Waals surface area contributed by atoms with Gasteiger partial charge in [-0.3, -0.25) is 0 Å². The van der Waals surface area contributed by atoms with E-state index in [1.165, 1.54) is 12.0 Å². The van der Waals surface area contributed by atoms with E-state index < -0.39 is 0 Å². The Kier molecular flexibility index (Phi) is 3.97. The van der Waals surface area contributed by atoms with Gasteiger partial charge in [-0.1, -0.05) is 50.6 Å². The summed E-state index contributed by atoms with van der Waals surface area (Å²) >= 11 is 0. The molecule has 0 saturated heterocycles. The smallest absolute Gasteiger partial charge is 0.000567 e. The summed E-state index contributed by atoms with van der Waals surface area (Å²) < 4.78 is 0. The zero-order valence-corrected chi connectivity index (χ0v) is 8.53. The highest BCUT2D eigenvalue weighted by Gasteiger charge is 2.15. The van der Waals surface area contributed by atoms with E-state index in [9.17, 15) is 0 Å². The van der Waals surface area contributed by atoms with Crippen molar-refractivity contribution in [1.29, 1.82) is 0 Å². The fourth-order valence-electron chi connectivity index (χ4n) is 1.68. The highest BCUT2D eigenvalue weighted by molar-refractivity contribution is 5.20. The first-order valence-corrected chi connectivity index (χ1v) is 5.04. The third-order valence-electron chi connectivity index (χ3n) is 2.81. The summed E-state index contributed by atoms with van der Waals surface area (Å²) in [5, 5.41) is 0. The van der Waals surface area contributed by atoms with Gasteiger partial charge in [-0.05, 0) is 23.9 Å². The van der Waals surface area contributed by atoms with Gasteiger partial charge in [0.05, 0.1) is 0 Å². The molecule has 1 aromatic rings. The molecule has 1 rings (SSSR count). The molecule has 0 aliphatic rings. The van der Waals surface area contributed by atoms with E-state index >= 15 is 0 Å². The summed E-state index contributed by atoms with van der Waals surface area (Å²) in [6.07, 6.45) is 1.19. The maximum atomic E-state index is 5.78. The normalized spacial score (nSPS) is 15.3. The van der Waals surface area contributed by atoms with E-state index in [1.807, 2.05) is 6.07 Å². The van der Waals surface area contributed by atoms with Crippen LogP contribution in [0.2, 0.25) is 0 Å². The summed E-state index contributed by atoms with van der Waals surface area (Å²) in [4.78, 5) is 0. The van der Waals surface area contributed by atoms with Crippen molar-refractivity contribution < 1.29 is 0 Å².